The molecule has 0 radical (unpaired) electrons. The van der Waals surface area contributed by atoms with Crippen LogP contribution in [0, 0.1) is 6.92 Å². The van der Waals surface area contributed by atoms with Gasteiger partial charge in [0.25, 0.3) is 0 Å². The Hall–Kier alpha value is -3.40. The first-order valence-corrected chi connectivity index (χ1v) is 11.5. The van der Waals surface area contributed by atoms with Gasteiger partial charge in [-0.3, -0.25) is 10.4 Å². The molecule has 1 heterocycles. The summed E-state index contributed by atoms with van der Waals surface area (Å²) in [6.45, 7) is 2.03. The zero-order chi connectivity index (χ0) is 21.9. The topological polar surface area (TPSA) is 46.5 Å². The van der Waals surface area contributed by atoms with Gasteiger partial charge in [0.2, 0.25) is 0 Å². The molecule has 1 aliphatic rings. The maximum Gasteiger partial charge on any atom is 0.126 e. The van der Waals surface area contributed by atoms with Gasteiger partial charge in [-0.05, 0) is 67.0 Å². The largest absolute Gasteiger partial charge is 0.496 e. The van der Waals surface area contributed by atoms with Crippen molar-refractivity contribution in [3.63, 3.8) is 0 Å². The minimum atomic E-state index is 0.663. The number of methoxy groups -OCH3 is 1. The highest BCUT2D eigenvalue weighted by Gasteiger charge is 2.16. The van der Waals surface area contributed by atoms with E-state index >= 15 is 0 Å². The second-order valence-electron chi connectivity index (χ2n) is 8.70. The molecule has 0 bridgehead atoms. The Labute approximate surface area is 189 Å². The predicted molar refractivity (Wildman–Crippen MR) is 134 cm³/mol. The third kappa shape index (κ3) is 4.05. The minimum absolute atomic E-state index is 0.663. The number of aryl methyl sites for hydroxylation is 1. The van der Waals surface area contributed by atoms with E-state index in [9.17, 15) is 0 Å². The molecule has 1 saturated carbocycles. The third-order valence-electron chi connectivity index (χ3n) is 6.56. The van der Waals surface area contributed by atoms with Crippen LogP contribution in [0.25, 0.3) is 21.7 Å². The maximum absolute atomic E-state index is 5.51. The van der Waals surface area contributed by atoms with Gasteiger partial charge in [-0.25, -0.2) is 0 Å². The summed E-state index contributed by atoms with van der Waals surface area (Å²) in [5.41, 5.74) is 8.77. The summed E-state index contributed by atoms with van der Waals surface area (Å²) in [6, 6.07) is 21.1. The van der Waals surface area contributed by atoms with Crippen LogP contribution in [-0.4, -0.2) is 18.3 Å². The molecule has 0 unspecified atom stereocenters. The van der Waals surface area contributed by atoms with Gasteiger partial charge in [0, 0.05) is 22.0 Å². The molecule has 5 rings (SSSR count). The molecule has 1 N–H and O–H groups in total. The molecule has 162 valence electrons. The number of nitrogens with zero attached hydrogens (tertiary/aromatic N) is 2. The molecular weight excluding hydrogens is 394 g/mol. The van der Waals surface area contributed by atoms with E-state index in [0.717, 1.165) is 44.4 Å². The van der Waals surface area contributed by atoms with E-state index in [1.54, 1.807) is 7.11 Å². The van der Waals surface area contributed by atoms with Gasteiger partial charge in [0.05, 0.1) is 24.5 Å². The maximum atomic E-state index is 5.51. The number of benzene rings is 3. The van der Waals surface area contributed by atoms with Gasteiger partial charge >= 0.3 is 0 Å². The number of ether oxygens (including phenoxy) is 1. The second-order valence-corrected chi connectivity index (χ2v) is 8.70. The van der Waals surface area contributed by atoms with Crippen molar-refractivity contribution in [3.05, 3.63) is 77.5 Å². The van der Waals surface area contributed by atoms with Crippen LogP contribution >= 0.6 is 0 Å². The summed E-state index contributed by atoms with van der Waals surface area (Å²) in [5.74, 6) is 1.54. The monoisotopic (exact) mass is 423 g/mol. The Balaban J connectivity index is 1.47. The quantitative estimate of drug-likeness (QED) is 0.273. The highest BCUT2D eigenvalue weighted by molar-refractivity contribution is 6.02. The first-order chi connectivity index (χ1) is 15.7. The standard InChI is InChI=1S/C28H29N3O/c1-19-16-27(25-17-21(12-14-26(25)30-19)20-8-4-3-5-9-20)31-29-18-22-13-15-28(32-2)24-11-7-6-10-23(22)24/h6-7,10-18,20H,3-5,8-9H2,1-2H3,(H,30,31)/b29-18-. The second kappa shape index (κ2) is 8.99. The highest BCUT2D eigenvalue weighted by atomic mass is 16.5. The van der Waals surface area contributed by atoms with Crippen LogP contribution < -0.4 is 10.2 Å². The Morgan fingerprint density at radius 3 is 2.56 bits per heavy atom. The summed E-state index contributed by atoms with van der Waals surface area (Å²) in [7, 11) is 1.70. The van der Waals surface area contributed by atoms with Gasteiger partial charge in [-0.15, -0.1) is 0 Å². The van der Waals surface area contributed by atoms with E-state index in [0.29, 0.717) is 5.92 Å². The molecular formula is C28H29N3O. The number of fused-ring (bicyclic) bond motifs is 2. The van der Waals surface area contributed by atoms with E-state index < -0.39 is 0 Å². The number of aromatic nitrogens is 1. The molecule has 0 spiro atoms. The molecule has 1 aromatic heterocycles. The lowest BCUT2D eigenvalue weighted by molar-refractivity contribution is 0.420. The van der Waals surface area contributed by atoms with Crippen molar-refractivity contribution in [2.45, 2.75) is 44.9 Å². The van der Waals surface area contributed by atoms with Crippen LogP contribution in [-0.2, 0) is 0 Å². The van der Waals surface area contributed by atoms with Gasteiger partial charge in [-0.1, -0.05) is 49.6 Å². The molecule has 4 heteroatoms. The van der Waals surface area contributed by atoms with Crippen molar-refractivity contribution in [2.24, 2.45) is 5.10 Å². The van der Waals surface area contributed by atoms with Gasteiger partial charge in [0.15, 0.2) is 0 Å². The average molecular weight is 424 g/mol. The lowest BCUT2D eigenvalue weighted by Gasteiger charge is -2.22. The van der Waals surface area contributed by atoms with Crippen LogP contribution in [0.5, 0.6) is 5.75 Å². The predicted octanol–water partition coefficient (Wildman–Crippen LogP) is 7.20. The van der Waals surface area contributed by atoms with E-state index in [1.165, 1.54) is 37.7 Å². The van der Waals surface area contributed by atoms with Crippen LogP contribution in [0.3, 0.4) is 0 Å². The van der Waals surface area contributed by atoms with E-state index in [-0.39, 0.29) is 0 Å². The first kappa shape index (κ1) is 20.5. The van der Waals surface area contributed by atoms with Gasteiger partial charge < -0.3 is 4.74 Å². The van der Waals surface area contributed by atoms with Crippen LogP contribution in [0.4, 0.5) is 5.69 Å². The number of hydrogen-bond acceptors (Lipinski definition) is 4. The van der Waals surface area contributed by atoms with Crippen molar-refractivity contribution >= 4 is 33.6 Å². The Morgan fingerprint density at radius 1 is 0.938 bits per heavy atom. The Bertz CT molecular complexity index is 1290. The zero-order valence-corrected chi connectivity index (χ0v) is 18.8. The molecule has 0 atom stereocenters. The lowest BCUT2D eigenvalue weighted by Crippen LogP contribution is -2.04. The van der Waals surface area contributed by atoms with Crippen molar-refractivity contribution in [2.75, 3.05) is 12.5 Å². The zero-order valence-electron chi connectivity index (χ0n) is 18.8. The molecule has 32 heavy (non-hydrogen) atoms. The fraction of sp³-hybridized carbons (Fsp3) is 0.286. The smallest absolute Gasteiger partial charge is 0.126 e. The third-order valence-corrected chi connectivity index (χ3v) is 6.56. The van der Waals surface area contributed by atoms with Crippen molar-refractivity contribution < 1.29 is 4.74 Å². The molecule has 0 saturated heterocycles. The summed E-state index contributed by atoms with van der Waals surface area (Å²) in [4.78, 5) is 4.74. The summed E-state index contributed by atoms with van der Waals surface area (Å²) >= 11 is 0. The van der Waals surface area contributed by atoms with Crippen LogP contribution in [0.15, 0.2) is 65.8 Å². The number of hydrogen-bond donors (Lipinski definition) is 1. The molecule has 1 aliphatic carbocycles. The first-order valence-electron chi connectivity index (χ1n) is 11.5. The number of rotatable bonds is 5. The number of hydrazone groups is 1. The lowest BCUT2D eigenvalue weighted by atomic mass is 9.83. The fourth-order valence-corrected chi connectivity index (χ4v) is 4.91. The van der Waals surface area contributed by atoms with Crippen molar-refractivity contribution in [3.8, 4) is 5.75 Å². The number of nitrogens with one attached hydrogen (secondary N) is 1. The SMILES string of the molecule is COc1ccc(/C=N\Nc2cc(C)nc3ccc(C4CCCCC4)cc23)c2ccccc12. The molecule has 0 aliphatic heterocycles. The Morgan fingerprint density at radius 2 is 1.75 bits per heavy atom. The highest BCUT2D eigenvalue weighted by Crippen LogP contribution is 2.35. The molecule has 4 aromatic rings. The van der Waals surface area contributed by atoms with E-state index in [1.807, 2.05) is 37.4 Å². The summed E-state index contributed by atoms with van der Waals surface area (Å²) in [6.07, 6.45) is 8.49. The minimum Gasteiger partial charge on any atom is -0.496 e. The van der Waals surface area contributed by atoms with E-state index in [2.05, 4.69) is 46.9 Å². The molecule has 3 aromatic carbocycles. The van der Waals surface area contributed by atoms with Crippen molar-refractivity contribution in [1.82, 2.24) is 4.98 Å². The normalized spacial score (nSPS) is 14.9. The van der Waals surface area contributed by atoms with Gasteiger partial charge in [-0.2, -0.15) is 5.10 Å². The Kier molecular flexibility index (Phi) is 5.76. The molecule has 0 amide bonds. The summed E-state index contributed by atoms with van der Waals surface area (Å²) < 4.78 is 5.51. The van der Waals surface area contributed by atoms with E-state index in [4.69, 9.17) is 9.72 Å². The number of anilines is 1. The van der Waals surface area contributed by atoms with Crippen molar-refractivity contribution in [1.29, 1.82) is 0 Å². The molecule has 1 fully saturated rings. The average Bonchev–Trinajstić information content (AvgIpc) is 2.84. The number of pyridine rings is 1. The van der Waals surface area contributed by atoms with Crippen LogP contribution in [0.2, 0.25) is 0 Å². The fourth-order valence-electron chi connectivity index (χ4n) is 4.91. The van der Waals surface area contributed by atoms with Crippen LogP contribution in [0.1, 0.15) is 54.8 Å². The molecule has 4 nitrogen and oxygen atoms in total. The summed E-state index contributed by atoms with van der Waals surface area (Å²) in [5, 5.41) is 7.94. The van der Waals surface area contributed by atoms with Gasteiger partial charge in [0.1, 0.15) is 5.75 Å².